The molecule has 1 heterocycles. The van der Waals surface area contributed by atoms with Gasteiger partial charge < -0.3 is 14.7 Å². The zero-order chi connectivity index (χ0) is 25.3. The number of carbonyl (C=O) groups is 2. The quantitative estimate of drug-likeness (QED) is 0.225. The fraction of sp³-hybridized carbons (Fsp3) is 0.154. The van der Waals surface area contributed by atoms with Crippen molar-refractivity contribution in [3.8, 4) is 5.75 Å². The van der Waals surface area contributed by atoms with Crippen molar-refractivity contribution in [3.63, 3.8) is 0 Å². The Morgan fingerprint density at radius 1 is 0.943 bits per heavy atom. The van der Waals surface area contributed by atoms with Crippen molar-refractivity contribution in [1.82, 2.24) is 4.90 Å². The van der Waals surface area contributed by atoms with Gasteiger partial charge in [0.2, 0.25) is 0 Å². The highest BCUT2D eigenvalue weighted by Crippen LogP contribution is 2.40. The number of rotatable bonds is 5. The number of alkyl halides is 3. The predicted molar refractivity (Wildman–Crippen MR) is 119 cm³/mol. The number of benzene rings is 3. The summed E-state index contributed by atoms with van der Waals surface area (Å²) >= 11 is 0. The van der Waals surface area contributed by atoms with E-state index in [1.165, 1.54) is 43.5 Å². The Hall–Kier alpha value is -4.14. The van der Waals surface area contributed by atoms with Crippen molar-refractivity contribution >= 4 is 17.4 Å². The van der Waals surface area contributed by atoms with E-state index in [9.17, 15) is 32.3 Å². The molecule has 0 radical (unpaired) electrons. The summed E-state index contributed by atoms with van der Waals surface area (Å²) in [6.07, 6.45) is -4.52. The van der Waals surface area contributed by atoms with Gasteiger partial charge in [-0.15, -0.1) is 0 Å². The van der Waals surface area contributed by atoms with E-state index in [4.69, 9.17) is 4.74 Å². The van der Waals surface area contributed by atoms with Crippen LogP contribution in [-0.2, 0) is 22.3 Å². The summed E-state index contributed by atoms with van der Waals surface area (Å²) < 4.78 is 57.4. The first-order valence-corrected chi connectivity index (χ1v) is 10.4. The van der Waals surface area contributed by atoms with Crippen LogP contribution in [0.2, 0.25) is 0 Å². The van der Waals surface area contributed by atoms with E-state index in [1.54, 1.807) is 12.1 Å². The van der Waals surface area contributed by atoms with Crippen molar-refractivity contribution in [1.29, 1.82) is 0 Å². The fourth-order valence-electron chi connectivity index (χ4n) is 3.93. The van der Waals surface area contributed by atoms with Gasteiger partial charge in [-0.05, 0) is 59.7 Å². The van der Waals surface area contributed by atoms with Crippen LogP contribution in [0.15, 0.2) is 78.4 Å². The molecule has 9 heteroatoms. The average molecular weight is 485 g/mol. The summed E-state index contributed by atoms with van der Waals surface area (Å²) in [5.74, 6) is -2.35. The van der Waals surface area contributed by atoms with Crippen molar-refractivity contribution in [2.75, 3.05) is 7.11 Å². The van der Waals surface area contributed by atoms with Gasteiger partial charge in [0.05, 0.1) is 24.3 Å². The summed E-state index contributed by atoms with van der Waals surface area (Å²) in [5.41, 5.74) is -0.106. The third-order valence-corrected chi connectivity index (χ3v) is 5.72. The number of halogens is 4. The molecule has 4 rings (SSSR count). The van der Waals surface area contributed by atoms with Gasteiger partial charge in [0, 0.05) is 12.1 Å². The van der Waals surface area contributed by atoms with Crippen LogP contribution >= 0.6 is 0 Å². The number of hydrogen-bond acceptors (Lipinski definition) is 4. The number of hydrogen-bond donors (Lipinski definition) is 1. The molecule has 1 saturated heterocycles. The van der Waals surface area contributed by atoms with Crippen LogP contribution in [0.3, 0.4) is 0 Å². The normalized spacial score (nSPS) is 17.6. The van der Waals surface area contributed by atoms with Crippen LogP contribution in [0, 0.1) is 5.82 Å². The standard InChI is InChI=1S/C26H19F4NO4/c1-35-20-12-6-17(7-13-20)23(32)21-22(16-4-10-19(27)11-5-16)31(25(34)24(21)33)14-15-2-8-18(9-3-15)26(28,29)30/h2-13,22,32H,14H2,1H3. The minimum Gasteiger partial charge on any atom is -0.507 e. The number of likely N-dealkylation sites (tertiary alicyclic amines) is 1. The average Bonchev–Trinajstić information content (AvgIpc) is 3.09. The summed E-state index contributed by atoms with van der Waals surface area (Å²) in [6.45, 7) is -0.204. The van der Waals surface area contributed by atoms with Crippen molar-refractivity contribution in [2.24, 2.45) is 0 Å². The molecule has 1 fully saturated rings. The van der Waals surface area contributed by atoms with Gasteiger partial charge in [0.25, 0.3) is 11.7 Å². The van der Waals surface area contributed by atoms with Crippen molar-refractivity contribution in [2.45, 2.75) is 18.8 Å². The summed E-state index contributed by atoms with van der Waals surface area (Å²) in [6, 6.07) is 14.4. The lowest BCUT2D eigenvalue weighted by molar-refractivity contribution is -0.140. The molecule has 1 unspecified atom stereocenters. The number of methoxy groups -OCH3 is 1. The van der Waals surface area contributed by atoms with Crippen molar-refractivity contribution in [3.05, 3.63) is 106 Å². The topological polar surface area (TPSA) is 66.8 Å². The lowest BCUT2D eigenvalue weighted by atomic mass is 9.95. The lowest BCUT2D eigenvalue weighted by Crippen LogP contribution is -2.29. The minimum atomic E-state index is -4.52. The third kappa shape index (κ3) is 4.75. The molecular weight excluding hydrogens is 466 g/mol. The Kier molecular flexibility index (Phi) is 6.34. The van der Waals surface area contributed by atoms with E-state index in [0.717, 1.165) is 29.2 Å². The molecule has 1 aliphatic rings. The van der Waals surface area contributed by atoms with E-state index in [0.29, 0.717) is 16.9 Å². The molecule has 3 aromatic carbocycles. The number of ether oxygens (including phenoxy) is 1. The van der Waals surface area contributed by atoms with Gasteiger partial charge in [-0.3, -0.25) is 9.59 Å². The molecule has 1 amide bonds. The first-order valence-electron chi connectivity index (χ1n) is 10.4. The zero-order valence-electron chi connectivity index (χ0n) is 18.3. The summed E-state index contributed by atoms with van der Waals surface area (Å²) in [5, 5.41) is 11.0. The molecule has 1 atom stereocenters. The maximum atomic E-state index is 13.6. The van der Waals surface area contributed by atoms with Gasteiger partial charge in [-0.1, -0.05) is 24.3 Å². The Bertz CT molecular complexity index is 1280. The van der Waals surface area contributed by atoms with Crippen molar-refractivity contribution < 1.29 is 37.0 Å². The largest absolute Gasteiger partial charge is 0.507 e. The molecule has 0 saturated carbocycles. The lowest BCUT2D eigenvalue weighted by Gasteiger charge is -2.25. The van der Waals surface area contributed by atoms with Gasteiger partial charge in [0.15, 0.2) is 0 Å². The highest BCUT2D eigenvalue weighted by Gasteiger charge is 2.46. The monoisotopic (exact) mass is 485 g/mol. The molecule has 3 aromatic rings. The second kappa shape index (κ2) is 9.25. The molecule has 0 aliphatic carbocycles. The van der Waals surface area contributed by atoms with E-state index in [-0.39, 0.29) is 17.7 Å². The Balaban J connectivity index is 1.78. The molecule has 0 spiro atoms. The molecule has 0 bridgehead atoms. The Labute approximate surface area is 197 Å². The smallest absolute Gasteiger partial charge is 0.416 e. The minimum absolute atomic E-state index is 0.204. The van der Waals surface area contributed by atoms with Gasteiger partial charge >= 0.3 is 6.18 Å². The number of aliphatic hydroxyl groups is 1. The number of Topliss-reactive ketones (excluding diaryl/α,β-unsaturated/α-hetero) is 1. The second-order valence-corrected chi connectivity index (χ2v) is 7.90. The molecule has 35 heavy (non-hydrogen) atoms. The number of nitrogens with zero attached hydrogens (tertiary/aromatic N) is 1. The molecule has 1 aliphatic heterocycles. The summed E-state index contributed by atoms with van der Waals surface area (Å²) in [7, 11) is 1.47. The van der Waals surface area contributed by atoms with Crippen LogP contribution in [0.25, 0.3) is 5.76 Å². The Morgan fingerprint density at radius 2 is 1.54 bits per heavy atom. The highest BCUT2D eigenvalue weighted by molar-refractivity contribution is 6.46. The van der Waals surface area contributed by atoms with Crippen LogP contribution in [0.1, 0.15) is 28.3 Å². The number of carbonyl (C=O) groups excluding carboxylic acids is 2. The summed E-state index contributed by atoms with van der Waals surface area (Å²) in [4.78, 5) is 27.2. The third-order valence-electron chi connectivity index (χ3n) is 5.72. The molecule has 0 aromatic heterocycles. The molecule has 5 nitrogen and oxygen atoms in total. The first kappa shape index (κ1) is 24.0. The second-order valence-electron chi connectivity index (χ2n) is 7.90. The number of amides is 1. The van der Waals surface area contributed by atoms with Gasteiger partial charge in [0.1, 0.15) is 17.3 Å². The maximum absolute atomic E-state index is 13.6. The number of ketones is 1. The highest BCUT2D eigenvalue weighted by atomic mass is 19.4. The SMILES string of the molecule is COc1ccc(C(O)=C2C(=O)C(=O)N(Cc3ccc(C(F)(F)F)cc3)C2c2ccc(F)cc2)cc1. The zero-order valence-corrected chi connectivity index (χ0v) is 18.3. The van der Waals surface area contributed by atoms with E-state index >= 15 is 0 Å². The maximum Gasteiger partial charge on any atom is 0.416 e. The van der Waals surface area contributed by atoms with Gasteiger partial charge in [-0.25, -0.2) is 4.39 Å². The van der Waals surface area contributed by atoms with Crippen LogP contribution in [0.5, 0.6) is 5.75 Å². The van der Waals surface area contributed by atoms with Crippen LogP contribution in [0.4, 0.5) is 17.6 Å². The molecule has 1 N–H and O–H groups in total. The molecular formula is C26H19F4NO4. The molecule has 180 valence electrons. The van der Waals surface area contributed by atoms with E-state index < -0.39 is 41.0 Å². The predicted octanol–water partition coefficient (Wildman–Crippen LogP) is 5.48. The van der Waals surface area contributed by atoms with E-state index in [2.05, 4.69) is 0 Å². The van der Waals surface area contributed by atoms with Crippen LogP contribution in [-0.4, -0.2) is 28.8 Å². The number of aliphatic hydroxyl groups excluding tert-OH is 1. The van der Waals surface area contributed by atoms with E-state index in [1.807, 2.05) is 0 Å². The van der Waals surface area contributed by atoms with Gasteiger partial charge in [-0.2, -0.15) is 13.2 Å². The first-order chi connectivity index (χ1) is 16.6. The fourth-order valence-corrected chi connectivity index (χ4v) is 3.93. The van der Waals surface area contributed by atoms with Crippen LogP contribution < -0.4 is 4.74 Å². The Morgan fingerprint density at radius 3 is 2.09 bits per heavy atom.